The van der Waals surface area contributed by atoms with E-state index in [0.717, 1.165) is 29.4 Å². The second-order valence-electron chi connectivity index (χ2n) is 3.90. The molecular weight excluding hydrogens is 186 g/mol. The van der Waals surface area contributed by atoms with Gasteiger partial charge in [-0.1, -0.05) is 13.8 Å². The zero-order chi connectivity index (χ0) is 10.8. The predicted octanol–water partition coefficient (Wildman–Crippen LogP) is 2.98. The number of aromatic nitrogens is 2. The molecule has 2 rings (SSSR count). The molecule has 3 heteroatoms. The van der Waals surface area contributed by atoms with Crippen LogP contribution >= 0.6 is 0 Å². The van der Waals surface area contributed by atoms with Gasteiger partial charge in [-0.3, -0.25) is 4.68 Å². The first-order valence-electron chi connectivity index (χ1n) is 5.49. The molecule has 3 nitrogen and oxygen atoms in total. The number of rotatable bonds is 3. The van der Waals surface area contributed by atoms with E-state index in [9.17, 15) is 0 Å². The molecule has 0 fully saturated rings. The number of hydrogen-bond acceptors (Lipinski definition) is 2. The maximum Gasteiger partial charge on any atom is 0.0943 e. The Morgan fingerprint density at radius 3 is 2.73 bits per heavy atom. The van der Waals surface area contributed by atoms with Gasteiger partial charge >= 0.3 is 0 Å². The summed E-state index contributed by atoms with van der Waals surface area (Å²) < 4.78 is 2.06. The lowest BCUT2D eigenvalue weighted by Crippen LogP contribution is -2.06. The molecule has 0 aliphatic rings. The van der Waals surface area contributed by atoms with Crippen LogP contribution in [0.4, 0.5) is 5.69 Å². The van der Waals surface area contributed by atoms with Crippen molar-refractivity contribution in [3.8, 4) is 0 Å². The van der Waals surface area contributed by atoms with E-state index >= 15 is 0 Å². The minimum Gasteiger partial charge on any atom is -0.399 e. The van der Waals surface area contributed by atoms with Gasteiger partial charge in [-0.05, 0) is 31.0 Å². The second kappa shape index (κ2) is 3.93. The SMILES string of the molecule is CCC(CC)n1cc2ccc(N)cc2n1. The fourth-order valence-electron chi connectivity index (χ4n) is 1.90. The Balaban J connectivity index is 2.46. The lowest BCUT2D eigenvalue weighted by molar-refractivity contribution is 0.431. The van der Waals surface area contributed by atoms with Crippen molar-refractivity contribution in [3.05, 3.63) is 24.4 Å². The quantitative estimate of drug-likeness (QED) is 0.779. The van der Waals surface area contributed by atoms with Gasteiger partial charge in [0.15, 0.2) is 0 Å². The Morgan fingerprint density at radius 2 is 2.07 bits per heavy atom. The van der Waals surface area contributed by atoms with Gasteiger partial charge in [0.1, 0.15) is 0 Å². The largest absolute Gasteiger partial charge is 0.399 e. The minimum absolute atomic E-state index is 0.499. The fraction of sp³-hybridized carbons (Fsp3) is 0.417. The molecule has 1 aromatic carbocycles. The highest BCUT2D eigenvalue weighted by Crippen LogP contribution is 2.20. The van der Waals surface area contributed by atoms with Crippen LogP contribution in [0.5, 0.6) is 0 Å². The first kappa shape index (κ1) is 10.0. The average Bonchev–Trinajstić information content (AvgIpc) is 2.62. The molecule has 0 amide bonds. The second-order valence-corrected chi connectivity index (χ2v) is 3.90. The molecule has 0 bridgehead atoms. The van der Waals surface area contributed by atoms with Crippen LogP contribution < -0.4 is 5.73 Å². The van der Waals surface area contributed by atoms with E-state index in [-0.39, 0.29) is 0 Å². The Labute approximate surface area is 89.9 Å². The summed E-state index contributed by atoms with van der Waals surface area (Å²) in [7, 11) is 0. The summed E-state index contributed by atoms with van der Waals surface area (Å²) in [5.74, 6) is 0. The van der Waals surface area contributed by atoms with Crippen LogP contribution in [0.3, 0.4) is 0 Å². The molecule has 15 heavy (non-hydrogen) atoms. The molecule has 80 valence electrons. The molecule has 0 saturated heterocycles. The highest BCUT2D eigenvalue weighted by Gasteiger charge is 2.08. The maximum absolute atomic E-state index is 5.72. The Hall–Kier alpha value is -1.51. The minimum atomic E-state index is 0.499. The van der Waals surface area contributed by atoms with E-state index in [4.69, 9.17) is 5.73 Å². The fourth-order valence-corrected chi connectivity index (χ4v) is 1.90. The Kier molecular flexibility index (Phi) is 2.62. The molecule has 0 saturated carbocycles. The van der Waals surface area contributed by atoms with Crippen molar-refractivity contribution in [1.29, 1.82) is 0 Å². The number of nitrogens with zero attached hydrogens (tertiary/aromatic N) is 2. The molecule has 1 heterocycles. The first-order chi connectivity index (χ1) is 7.24. The molecule has 0 aliphatic carbocycles. The Bertz CT molecular complexity index is 455. The third-order valence-electron chi connectivity index (χ3n) is 2.87. The van der Waals surface area contributed by atoms with E-state index in [1.54, 1.807) is 0 Å². The summed E-state index contributed by atoms with van der Waals surface area (Å²) in [4.78, 5) is 0. The standard InChI is InChI=1S/C12H17N3/c1-3-11(4-2)15-8-9-5-6-10(13)7-12(9)14-15/h5-8,11H,3-4,13H2,1-2H3. The smallest absolute Gasteiger partial charge is 0.0943 e. The van der Waals surface area contributed by atoms with Crippen molar-refractivity contribution in [2.24, 2.45) is 0 Å². The summed E-state index contributed by atoms with van der Waals surface area (Å²) in [6.45, 7) is 4.38. The lowest BCUT2D eigenvalue weighted by atomic mass is 10.2. The number of nitrogens with two attached hydrogens (primary N) is 1. The van der Waals surface area contributed by atoms with E-state index in [1.807, 2.05) is 18.2 Å². The molecule has 2 N–H and O–H groups in total. The first-order valence-corrected chi connectivity index (χ1v) is 5.49. The Morgan fingerprint density at radius 1 is 1.33 bits per heavy atom. The molecule has 2 aromatic rings. The third-order valence-corrected chi connectivity index (χ3v) is 2.87. The van der Waals surface area contributed by atoms with Crippen LogP contribution in [0, 0.1) is 0 Å². The van der Waals surface area contributed by atoms with Crippen LogP contribution in [0.15, 0.2) is 24.4 Å². The summed E-state index contributed by atoms with van der Waals surface area (Å²) >= 11 is 0. The van der Waals surface area contributed by atoms with Crippen molar-refractivity contribution in [3.63, 3.8) is 0 Å². The van der Waals surface area contributed by atoms with Gasteiger partial charge in [-0.25, -0.2) is 0 Å². The third kappa shape index (κ3) is 1.82. The van der Waals surface area contributed by atoms with Gasteiger partial charge in [0, 0.05) is 17.3 Å². The monoisotopic (exact) mass is 203 g/mol. The van der Waals surface area contributed by atoms with Crippen molar-refractivity contribution < 1.29 is 0 Å². The molecule has 0 atom stereocenters. The van der Waals surface area contributed by atoms with Gasteiger partial charge in [-0.2, -0.15) is 5.10 Å². The van der Waals surface area contributed by atoms with Crippen LogP contribution in [0.25, 0.3) is 10.9 Å². The van der Waals surface area contributed by atoms with Crippen molar-refractivity contribution in [1.82, 2.24) is 9.78 Å². The number of benzene rings is 1. The van der Waals surface area contributed by atoms with Crippen LogP contribution in [0.2, 0.25) is 0 Å². The molecular formula is C12H17N3. The number of fused-ring (bicyclic) bond motifs is 1. The van der Waals surface area contributed by atoms with Crippen molar-refractivity contribution in [2.75, 3.05) is 5.73 Å². The van der Waals surface area contributed by atoms with Crippen molar-refractivity contribution in [2.45, 2.75) is 32.7 Å². The zero-order valence-corrected chi connectivity index (χ0v) is 9.27. The number of anilines is 1. The highest BCUT2D eigenvalue weighted by molar-refractivity contribution is 5.81. The number of nitrogen functional groups attached to an aromatic ring is 1. The lowest BCUT2D eigenvalue weighted by Gasteiger charge is -2.11. The number of hydrogen-bond donors (Lipinski definition) is 1. The normalized spacial score (nSPS) is 11.4. The van der Waals surface area contributed by atoms with Crippen LogP contribution in [0.1, 0.15) is 32.7 Å². The highest BCUT2D eigenvalue weighted by atomic mass is 15.3. The maximum atomic E-state index is 5.72. The van der Waals surface area contributed by atoms with E-state index in [1.165, 1.54) is 0 Å². The average molecular weight is 203 g/mol. The van der Waals surface area contributed by atoms with E-state index in [2.05, 4.69) is 29.8 Å². The van der Waals surface area contributed by atoms with Gasteiger partial charge in [-0.15, -0.1) is 0 Å². The van der Waals surface area contributed by atoms with Gasteiger partial charge < -0.3 is 5.73 Å². The van der Waals surface area contributed by atoms with Gasteiger partial charge in [0.25, 0.3) is 0 Å². The molecule has 0 aliphatic heterocycles. The molecule has 0 spiro atoms. The van der Waals surface area contributed by atoms with Crippen LogP contribution in [-0.2, 0) is 0 Å². The summed E-state index contributed by atoms with van der Waals surface area (Å²) in [6.07, 6.45) is 4.33. The van der Waals surface area contributed by atoms with Crippen molar-refractivity contribution >= 4 is 16.6 Å². The summed E-state index contributed by atoms with van der Waals surface area (Å²) in [6, 6.07) is 6.37. The molecule has 0 radical (unpaired) electrons. The molecule has 0 unspecified atom stereocenters. The summed E-state index contributed by atoms with van der Waals surface area (Å²) in [5, 5.41) is 5.72. The van der Waals surface area contributed by atoms with Crippen LogP contribution in [-0.4, -0.2) is 9.78 Å². The van der Waals surface area contributed by atoms with E-state index < -0.39 is 0 Å². The predicted molar refractivity (Wildman–Crippen MR) is 63.8 cm³/mol. The topological polar surface area (TPSA) is 43.8 Å². The van der Waals surface area contributed by atoms with E-state index in [0.29, 0.717) is 6.04 Å². The zero-order valence-electron chi connectivity index (χ0n) is 9.27. The van der Waals surface area contributed by atoms with Gasteiger partial charge in [0.2, 0.25) is 0 Å². The summed E-state index contributed by atoms with van der Waals surface area (Å²) in [5.41, 5.74) is 7.49. The van der Waals surface area contributed by atoms with Gasteiger partial charge in [0.05, 0.1) is 11.6 Å². The molecule has 1 aromatic heterocycles.